The standard InChI is InChI=1S/C14H19NO3/c1-9-7-10(2)14(11(3)8-9)15(4)12(16)5-6-13(17)18/h7-8H,5-6H2,1-4H3,(H,17,18). The molecule has 0 bridgehead atoms. The Balaban J connectivity index is 2.93. The molecule has 1 N–H and O–H groups in total. The molecule has 0 fully saturated rings. The fourth-order valence-corrected chi connectivity index (χ4v) is 2.21. The van der Waals surface area contributed by atoms with Crippen molar-refractivity contribution in [3.8, 4) is 0 Å². The molecule has 0 unspecified atom stereocenters. The summed E-state index contributed by atoms with van der Waals surface area (Å²) in [5.74, 6) is -1.12. The molecule has 4 heteroatoms. The maximum atomic E-state index is 11.9. The van der Waals surface area contributed by atoms with Gasteiger partial charge >= 0.3 is 5.97 Å². The van der Waals surface area contributed by atoms with Crippen molar-refractivity contribution < 1.29 is 14.7 Å². The normalized spacial score (nSPS) is 10.2. The zero-order chi connectivity index (χ0) is 13.9. The van der Waals surface area contributed by atoms with E-state index in [4.69, 9.17) is 5.11 Å². The lowest BCUT2D eigenvalue weighted by molar-refractivity contribution is -0.138. The van der Waals surface area contributed by atoms with Gasteiger partial charge in [-0.2, -0.15) is 0 Å². The van der Waals surface area contributed by atoms with Gasteiger partial charge in [0.25, 0.3) is 0 Å². The lowest BCUT2D eigenvalue weighted by Crippen LogP contribution is -2.28. The van der Waals surface area contributed by atoms with Gasteiger partial charge in [-0.15, -0.1) is 0 Å². The summed E-state index contributed by atoms with van der Waals surface area (Å²) in [5.41, 5.74) is 4.08. The summed E-state index contributed by atoms with van der Waals surface area (Å²) in [5, 5.41) is 8.59. The van der Waals surface area contributed by atoms with Crippen molar-refractivity contribution in [1.29, 1.82) is 0 Å². The summed E-state index contributed by atoms with van der Waals surface area (Å²) >= 11 is 0. The van der Waals surface area contributed by atoms with Crippen LogP contribution in [0.4, 0.5) is 5.69 Å². The first-order valence-corrected chi connectivity index (χ1v) is 5.89. The van der Waals surface area contributed by atoms with E-state index in [1.807, 2.05) is 32.9 Å². The van der Waals surface area contributed by atoms with Crippen molar-refractivity contribution in [2.24, 2.45) is 0 Å². The van der Waals surface area contributed by atoms with Crippen LogP contribution in [-0.2, 0) is 9.59 Å². The van der Waals surface area contributed by atoms with Crippen LogP contribution in [0.2, 0.25) is 0 Å². The molecule has 0 heterocycles. The molecular formula is C14H19NO3. The smallest absolute Gasteiger partial charge is 0.303 e. The van der Waals surface area contributed by atoms with Crippen molar-refractivity contribution in [2.75, 3.05) is 11.9 Å². The van der Waals surface area contributed by atoms with Crippen LogP contribution in [0.5, 0.6) is 0 Å². The minimum absolute atomic E-state index is 0.0264. The van der Waals surface area contributed by atoms with Gasteiger partial charge in [-0.05, 0) is 31.9 Å². The van der Waals surface area contributed by atoms with E-state index in [1.165, 1.54) is 0 Å². The van der Waals surface area contributed by atoms with Crippen molar-refractivity contribution in [1.82, 2.24) is 0 Å². The second-order valence-electron chi connectivity index (χ2n) is 4.59. The lowest BCUT2D eigenvalue weighted by Gasteiger charge is -2.22. The first-order chi connectivity index (χ1) is 8.32. The molecule has 1 rings (SSSR count). The van der Waals surface area contributed by atoms with Crippen molar-refractivity contribution >= 4 is 17.6 Å². The van der Waals surface area contributed by atoms with Gasteiger partial charge in [-0.3, -0.25) is 9.59 Å². The zero-order valence-corrected chi connectivity index (χ0v) is 11.3. The molecule has 0 saturated carbocycles. The van der Waals surface area contributed by atoms with Gasteiger partial charge in [0, 0.05) is 19.2 Å². The number of amides is 1. The molecule has 0 aromatic heterocycles. The van der Waals surface area contributed by atoms with Gasteiger partial charge in [0.1, 0.15) is 0 Å². The molecule has 0 radical (unpaired) electrons. The van der Waals surface area contributed by atoms with Crippen molar-refractivity contribution in [3.63, 3.8) is 0 Å². The minimum atomic E-state index is -0.950. The monoisotopic (exact) mass is 249 g/mol. The predicted molar refractivity (Wildman–Crippen MR) is 70.9 cm³/mol. The Labute approximate surface area is 107 Å². The summed E-state index contributed by atoms with van der Waals surface area (Å²) in [6.45, 7) is 5.92. The van der Waals surface area contributed by atoms with E-state index in [0.29, 0.717) is 0 Å². The predicted octanol–water partition coefficient (Wildman–Crippen LogP) is 2.44. The van der Waals surface area contributed by atoms with Crippen molar-refractivity contribution in [3.05, 3.63) is 28.8 Å². The third-order valence-electron chi connectivity index (χ3n) is 2.90. The Morgan fingerprint density at radius 1 is 1.11 bits per heavy atom. The number of aryl methyl sites for hydroxylation is 3. The number of carbonyl (C=O) groups is 2. The Hall–Kier alpha value is -1.84. The molecule has 1 aromatic rings. The van der Waals surface area contributed by atoms with Crippen LogP contribution in [0.3, 0.4) is 0 Å². The van der Waals surface area contributed by atoms with E-state index in [0.717, 1.165) is 22.4 Å². The van der Waals surface area contributed by atoms with E-state index in [-0.39, 0.29) is 18.7 Å². The number of carboxylic acids is 1. The highest BCUT2D eigenvalue weighted by Crippen LogP contribution is 2.25. The summed E-state index contributed by atoms with van der Waals surface area (Å²) in [6, 6.07) is 4.03. The largest absolute Gasteiger partial charge is 0.481 e. The van der Waals surface area contributed by atoms with E-state index in [2.05, 4.69) is 0 Å². The number of aliphatic carboxylic acids is 1. The summed E-state index contributed by atoms with van der Waals surface area (Å²) in [7, 11) is 1.69. The van der Waals surface area contributed by atoms with E-state index in [1.54, 1.807) is 11.9 Å². The Kier molecular flexibility index (Phi) is 4.48. The fraction of sp³-hybridized carbons (Fsp3) is 0.429. The summed E-state index contributed by atoms with van der Waals surface area (Å²) < 4.78 is 0. The SMILES string of the molecule is Cc1cc(C)c(N(C)C(=O)CCC(=O)O)c(C)c1. The van der Waals surface area contributed by atoms with E-state index >= 15 is 0 Å². The highest BCUT2D eigenvalue weighted by Gasteiger charge is 2.16. The average Bonchev–Trinajstić information content (AvgIpc) is 2.24. The molecule has 0 aliphatic carbocycles. The van der Waals surface area contributed by atoms with Crippen LogP contribution in [0, 0.1) is 20.8 Å². The molecule has 0 atom stereocenters. The van der Waals surface area contributed by atoms with Crippen LogP contribution in [-0.4, -0.2) is 24.0 Å². The van der Waals surface area contributed by atoms with Gasteiger partial charge in [0.2, 0.25) is 5.91 Å². The maximum absolute atomic E-state index is 11.9. The molecule has 0 aliphatic rings. The van der Waals surface area contributed by atoms with Gasteiger partial charge in [-0.1, -0.05) is 17.7 Å². The number of nitrogens with zero attached hydrogens (tertiary/aromatic N) is 1. The van der Waals surface area contributed by atoms with E-state index in [9.17, 15) is 9.59 Å². The number of anilines is 1. The molecule has 1 amide bonds. The second-order valence-corrected chi connectivity index (χ2v) is 4.59. The molecule has 4 nitrogen and oxygen atoms in total. The van der Waals surface area contributed by atoms with Crippen LogP contribution >= 0.6 is 0 Å². The van der Waals surface area contributed by atoms with E-state index < -0.39 is 5.97 Å². The summed E-state index contributed by atoms with van der Waals surface area (Å²) in [4.78, 5) is 23.9. The third kappa shape index (κ3) is 3.32. The first kappa shape index (κ1) is 14.2. The third-order valence-corrected chi connectivity index (χ3v) is 2.90. The number of carboxylic acid groups (broad SMARTS) is 1. The average molecular weight is 249 g/mol. The second kappa shape index (κ2) is 5.67. The van der Waals surface area contributed by atoms with Gasteiger partial charge in [0.15, 0.2) is 0 Å². The molecule has 98 valence electrons. The number of rotatable bonds is 4. The molecule has 0 saturated heterocycles. The number of hydrogen-bond acceptors (Lipinski definition) is 2. The Bertz CT molecular complexity index is 457. The highest BCUT2D eigenvalue weighted by molar-refractivity contribution is 5.95. The van der Waals surface area contributed by atoms with Gasteiger partial charge < -0.3 is 10.0 Å². The molecule has 18 heavy (non-hydrogen) atoms. The van der Waals surface area contributed by atoms with Crippen molar-refractivity contribution in [2.45, 2.75) is 33.6 Å². The quantitative estimate of drug-likeness (QED) is 0.891. The van der Waals surface area contributed by atoms with Crippen LogP contribution < -0.4 is 4.90 Å². The fourth-order valence-electron chi connectivity index (χ4n) is 2.21. The van der Waals surface area contributed by atoms with Crippen LogP contribution in [0.15, 0.2) is 12.1 Å². The zero-order valence-electron chi connectivity index (χ0n) is 11.3. The number of hydrogen-bond donors (Lipinski definition) is 1. The van der Waals surface area contributed by atoms with Gasteiger partial charge in [-0.25, -0.2) is 0 Å². The number of benzene rings is 1. The molecule has 0 aliphatic heterocycles. The molecule has 0 spiro atoms. The molecular weight excluding hydrogens is 230 g/mol. The lowest BCUT2D eigenvalue weighted by atomic mass is 10.0. The maximum Gasteiger partial charge on any atom is 0.303 e. The Morgan fingerprint density at radius 3 is 2.06 bits per heavy atom. The topological polar surface area (TPSA) is 57.6 Å². The van der Waals surface area contributed by atoms with Crippen LogP contribution in [0.1, 0.15) is 29.5 Å². The first-order valence-electron chi connectivity index (χ1n) is 5.89. The minimum Gasteiger partial charge on any atom is -0.481 e. The van der Waals surface area contributed by atoms with Gasteiger partial charge in [0.05, 0.1) is 6.42 Å². The van der Waals surface area contributed by atoms with Crippen LogP contribution in [0.25, 0.3) is 0 Å². The Morgan fingerprint density at radius 2 is 1.61 bits per heavy atom. The molecule has 1 aromatic carbocycles. The number of carbonyl (C=O) groups excluding carboxylic acids is 1. The summed E-state index contributed by atoms with van der Waals surface area (Å²) in [6.07, 6.45) is -0.105. The highest BCUT2D eigenvalue weighted by atomic mass is 16.4.